The predicted octanol–water partition coefficient (Wildman–Crippen LogP) is 3.46. The number of nitrogens with zero attached hydrogens (tertiary/aromatic N) is 1. The summed E-state index contributed by atoms with van der Waals surface area (Å²) in [5, 5.41) is 10.7. The van der Waals surface area contributed by atoms with Crippen LogP contribution in [-0.2, 0) is 12.8 Å². The molecule has 0 radical (unpaired) electrons. The molecule has 1 atom stereocenters. The van der Waals surface area contributed by atoms with Crippen LogP contribution in [0.3, 0.4) is 0 Å². The molecule has 1 unspecified atom stereocenters. The Balaban J connectivity index is 2.04. The molecule has 0 saturated heterocycles. The van der Waals surface area contributed by atoms with Crippen LogP contribution in [0.25, 0.3) is 0 Å². The lowest BCUT2D eigenvalue weighted by molar-refractivity contribution is 0.225. The van der Waals surface area contributed by atoms with Crippen LogP contribution in [0.15, 0.2) is 24.3 Å². The third-order valence-corrected chi connectivity index (χ3v) is 4.50. The minimum atomic E-state index is 0.214. The van der Waals surface area contributed by atoms with Crippen molar-refractivity contribution in [3.63, 3.8) is 0 Å². The van der Waals surface area contributed by atoms with E-state index in [4.69, 9.17) is 0 Å². The van der Waals surface area contributed by atoms with Crippen LogP contribution in [0, 0.1) is 26.7 Å². The molecule has 0 spiro atoms. The third kappa shape index (κ3) is 3.88. The average molecular weight is 275 g/mol. The fourth-order valence-electron chi connectivity index (χ4n) is 2.25. The predicted molar refractivity (Wildman–Crippen MR) is 80.8 cm³/mol. The van der Waals surface area contributed by atoms with Gasteiger partial charge in [0.1, 0.15) is 0 Å². The van der Waals surface area contributed by atoms with Crippen molar-refractivity contribution in [1.82, 2.24) is 4.98 Å². The lowest BCUT2D eigenvalue weighted by Gasteiger charge is -2.13. The maximum atomic E-state index is 9.57. The minimum Gasteiger partial charge on any atom is -0.396 e. The second-order valence-corrected chi connectivity index (χ2v) is 6.48. The molecule has 0 amide bonds. The standard InChI is InChI=1S/C16H21NOS/c1-11-5-4-6-14(7-11)8-15(10-18)9-16-17-12(2)13(3)19-16/h4-7,15,18H,8-10H2,1-3H3. The molecule has 1 heterocycles. The van der Waals surface area contributed by atoms with Gasteiger partial charge < -0.3 is 5.11 Å². The second-order valence-electron chi connectivity index (χ2n) is 5.20. The van der Waals surface area contributed by atoms with Gasteiger partial charge in [0, 0.05) is 17.9 Å². The Morgan fingerprint density at radius 1 is 1.21 bits per heavy atom. The van der Waals surface area contributed by atoms with E-state index >= 15 is 0 Å². The molecule has 2 rings (SSSR count). The zero-order valence-corrected chi connectivity index (χ0v) is 12.6. The first-order chi connectivity index (χ1) is 9.08. The molecule has 0 saturated carbocycles. The van der Waals surface area contributed by atoms with Gasteiger partial charge in [-0.1, -0.05) is 29.8 Å². The smallest absolute Gasteiger partial charge is 0.0934 e. The molecule has 102 valence electrons. The van der Waals surface area contributed by atoms with Crippen molar-refractivity contribution in [1.29, 1.82) is 0 Å². The van der Waals surface area contributed by atoms with Gasteiger partial charge in [-0.15, -0.1) is 11.3 Å². The molecule has 1 aromatic carbocycles. The third-order valence-electron chi connectivity index (χ3n) is 3.40. The monoisotopic (exact) mass is 275 g/mol. The summed E-state index contributed by atoms with van der Waals surface area (Å²) < 4.78 is 0. The number of aryl methyl sites for hydroxylation is 3. The first kappa shape index (κ1) is 14.2. The van der Waals surface area contributed by atoms with Crippen molar-refractivity contribution in [3.05, 3.63) is 51.0 Å². The average Bonchev–Trinajstić information content (AvgIpc) is 2.67. The summed E-state index contributed by atoms with van der Waals surface area (Å²) in [7, 11) is 0. The quantitative estimate of drug-likeness (QED) is 0.906. The van der Waals surface area contributed by atoms with Gasteiger partial charge in [0.05, 0.1) is 10.7 Å². The maximum absolute atomic E-state index is 9.57. The van der Waals surface area contributed by atoms with E-state index in [1.165, 1.54) is 16.0 Å². The molecule has 0 aliphatic rings. The van der Waals surface area contributed by atoms with Crippen molar-refractivity contribution in [2.24, 2.45) is 5.92 Å². The molecule has 2 aromatic rings. The largest absolute Gasteiger partial charge is 0.396 e. The fourth-order valence-corrected chi connectivity index (χ4v) is 3.30. The molecular weight excluding hydrogens is 254 g/mol. The van der Waals surface area contributed by atoms with Gasteiger partial charge in [-0.25, -0.2) is 4.98 Å². The van der Waals surface area contributed by atoms with E-state index < -0.39 is 0 Å². The summed E-state index contributed by atoms with van der Waals surface area (Å²) in [4.78, 5) is 5.84. The van der Waals surface area contributed by atoms with Crippen LogP contribution < -0.4 is 0 Å². The van der Waals surface area contributed by atoms with Crippen LogP contribution in [0.5, 0.6) is 0 Å². The molecule has 1 aromatic heterocycles. The Morgan fingerprint density at radius 3 is 2.58 bits per heavy atom. The summed E-state index contributed by atoms with van der Waals surface area (Å²) in [6.45, 7) is 6.46. The highest BCUT2D eigenvalue weighted by molar-refractivity contribution is 7.11. The zero-order valence-electron chi connectivity index (χ0n) is 11.8. The second kappa shape index (κ2) is 6.31. The van der Waals surface area contributed by atoms with E-state index in [-0.39, 0.29) is 12.5 Å². The van der Waals surface area contributed by atoms with Crippen molar-refractivity contribution in [2.45, 2.75) is 33.6 Å². The normalized spacial score (nSPS) is 12.6. The van der Waals surface area contributed by atoms with E-state index in [1.807, 2.05) is 6.92 Å². The lowest BCUT2D eigenvalue weighted by atomic mass is 9.96. The minimum absolute atomic E-state index is 0.214. The molecule has 1 N–H and O–H groups in total. The summed E-state index contributed by atoms with van der Waals surface area (Å²) in [5.74, 6) is 0.256. The van der Waals surface area contributed by atoms with Crippen LogP contribution in [0.4, 0.5) is 0 Å². The Hall–Kier alpha value is -1.19. The summed E-state index contributed by atoms with van der Waals surface area (Å²) in [6.07, 6.45) is 1.78. The van der Waals surface area contributed by atoms with Gasteiger partial charge in [-0.2, -0.15) is 0 Å². The number of benzene rings is 1. The van der Waals surface area contributed by atoms with Gasteiger partial charge in [0.15, 0.2) is 0 Å². The first-order valence-electron chi connectivity index (χ1n) is 6.67. The van der Waals surface area contributed by atoms with Crippen molar-refractivity contribution >= 4 is 11.3 Å². The highest BCUT2D eigenvalue weighted by Crippen LogP contribution is 2.21. The van der Waals surface area contributed by atoms with Gasteiger partial charge in [-0.05, 0) is 38.7 Å². The number of aliphatic hydroxyl groups excluding tert-OH is 1. The van der Waals surface area contributed by atoms with Crippen molar-refractivity contribution in [2.75, 3.05) is 6.61 Å². The van der Waals surface area contributed by atoms with E-state index in [2.05, 4.69) is 43.1 Å². The molecule has 0 aliphatic heterocycles. The Bertz CT molecular complexity index is 528. The molecule has 3 heteroatoms. The summed E-state index contributed by atoms with van der Waals surface area (Å²) in [6, 6.07) is 8.51. The molecule has 0 fully saturated rings. The van der Waals surface area contributed by atoms with Crippen molar-refractivity contribution < 1.29 is 5.11 Å². The zero-order chi connectivity index (χ0) is 13.8. The van der Waals surface area contributed by atoms with E-state index in [0.717, 1.165) is 23.5 Å². The van der Waals surface area contributed by atoms with Crippen LogP contribution >= 0.6 is 11.3 Å². The highest BCUT2D eigenvalue weighted by atomic mass is 32.1. The van der Waals surface area contributed by atoms with Gasteiger partial charge in [0.2, 0.25) is 0 Å². The summed E-state index contributed by atoms with van der Waals surface area (Å²) >= 11 is 1.75. The number of aromatic nitrogens is 1. The number of hydrogen-bond donors (Lipinski definition) is 1. The van der Waals surface area contributed by atoms with Crippen LogP contribution in [-0.4, -0.2) is 16.7 Å². The summed E-state index contributed by atoms with van der Waals surface area (Å²) in [5.41, 5.74) is 3.69. The molecule has 19 heavy (non-hydrogen) atoms. The number of aliphatic hydroxyl groups is 1. The molecular formula is C16H21NOS. The van der Waals surface area contributed by atoms with E-state index in [1.54, 1.807) is 11.3 Å². The number of hydrogen-bond acceptors (Lipinski definition) is 3. The Morgan fingerprint density at radius 2 is 2.00 bits per heavy atom. The van der Waals surface area contributed by atoms with E-state index in [9.17, 15) is 5.11 Å². The van der Waals surface area contributed by atoms with Crippen LogP contribution in [0.2, 0.25) is 0 Å². The van der Waals surface area contributed by atoms with E-state index in [0.29, 0.717) is 0 Å². The molecule has 2 nitrogen and oxygen atoms in total. The van der Waals surface area contributed by atoms with Gasteiger partial charge in [-0.3, -0.25) is 0 Å². The fraction of sp³-hybridized carbons (Fsp3) is 0.438. The Kier molecular flexibility index (Phi) is 4.72. The number of thiazole rings is 1. The van der Waals surface area contributed by atoms with Gasteiger partial charge in [0.25, 0.3) is 0 Å². The van der Waals surface area contributed by atoms with Crippen molar-refractivity contribution in [3.8, 4) is 0 Å². The molecule has 0 bridgehead atoms. The number of rotatable bonds is 5. The lowest BCUT2D eigenvalue weighted by Crippen LogP contribution is -2.13. The highest BCUT2D eigenvalue weighted by Gasteiger charge is 2.13. The SMILES string of the molecule is Cc1cccc(CC(CO)Cc2nc(C)c(C)s2)c1. The Labute approximate surface area is 119 Å². The maximum Gasteiger partial charge on any atom is 0.0934 e. The van der Waals surface area contributed by atoms with Gasteiger partial charge >= 0.3 is 0 Å². The molecule has 0 aliphatic carbocycles. The topological polar surface area (TPSA) is 33.1 Å². The first-order valence-corrected chi connectivity index (χ1v) is 7.49. The van der Waals surface area contributed by atoms with Crippen LogP contribution in [0.1, 0.15) is 26.7 Å².